The fourth-order valence-corrected chi connectivity index (χ4v) is 3.48. The standard InChI is InChI=1S/C24H19ClN2O4/c1-30-17-11-12-21(22(13-17)31-2)26-23(28)20-14-27(16-9-7-15(25)8-10-16)24(29)19-6-4-3-5-18(19)20/h3-14H,1-2H3,(H,26,28). The molecule has 1 aromatic heterocycles. The SMILES string of the molecule is COc1ccc(NC(=O)c2cn(-c3ccc(Cl)cc3)c(=O)c3ccccc23)c(OC)c1. The average molecular weight is 435 g/mol. The van der Waals surface area contributed by atoms with Crippen molar-refractivity contribution >= 4 is 34.0 Å². The average Bonchev–Trinajstić information content (AvgIpc) is 2.80. The van der Waals surface area contributed by atoms with Crippen molar-refractivity contribution in [2.75, 3.05) is 19.5 Å². The molecule has 7 heteroatoms. The van der Waals surface area contributed by atoms with Crippen molar-refractivity contribution in [2.45, 2.75) is 0 Å². The Kier molecular flexibility index (Phi) is 5.64. The molecule has 156 valence electrons. The van der Waals surface area contributed by atoms with E-state index in [2.05, 4.69) is 5.32 Å². The van der Waals surface area contributed by atoms with Gasteiger partial charge in [-0.1, -0.05) is 29.8 Å². The molecule has 31 heavy (non-hydrogen) atoms. The zero-order valence-electron chi connectivity index (χ0n) is 16.9. The number of hydrogen-bond donors (Lipinski definition) is 1. The molecule has 0 fully saturated rings. The molecular weight excluding hydrogens is 416 g/mol. The fraction of sp³-hybridized carbons (Fsp3) is 0.0833. The first-order valence-corrected chi connectivity index (χ1v) is 9.83. The van der Waals surface area contributed by atoms with Crippen LogP contribution < -0.4 is 20.3 Å². The summed E-state index contributed by atoms with van der Waals surface area (Å²) in [6, 6.07) is 19.0. The lowest BCUT2D eigenvalue weighted by atomic mass is 10.1. The van der Waals surface area contributed by atoms with E-state index >= 15 is 0 Å². The number of amides is 1. The topological polar surface area (TPSA) is 69.6 Å². The Morgan fingerprint density at radius 3 is 2.32 bits per heavy atom. The highest BCUT2D eigenvalue weighted by molar-refractivity contribution is 6.30. The third-order valence-electron chi connectivity index (χ3n) is 4.93. The number of pyridine rings is 1. The molecule has 4 aromatic rings. The molecule has 3 aromatic carbocycles. The van der Waals surface area contributed by atoms with Gasteiger partial charge in [-0.05, 0) is 42.5 Å². The molecule has 6 nitrogen and oxygen atoms in total. The molecular formula is C24H19ClN2O4. The second-order valence-electron chi connectivity index (χ2n) is 6.76. The largest absolute Gasteiger partial charge is 0.497 e. The molecule has 0 unspecified atom stereocenters. The van der Waals surface area contributed by atoms with E-state index in [4.69, 9.17) is 21.1 Å². The number of nitrogens with zero attached hydrogens (tertiary/aromatic N) is 1. The monoisotopic (exact) mass is 434 g/mol. The van der Waals surface area contributed by atoms with Crippen molar-refractivity contribution in [3.8, 4) is 17.2 Å². The van der Waals surface area contributed by atoms with Crippen molar-refractivity contribution in [2.24, 2.45) is 0 Å². The van der Waals surface area contributed by atoms with Crippen molar-refractivity contribution < 1.29 is 14.3 Å². The third kappa shape index (κ3) is 3.98. The van der Waals surface area contributed by atoms with E-state index in [-0.39, 0.29) is 11.5 Å². The van der Waals surface area contributed by atoms with Gasteiger partial charge < -0.3 is 14.8 Å². The van der Waals surface area contributed by atoms with E-state index < -0.39 is 0 Å². The zero-order chi connectivity index (χ0) is 22.0. The summed E-state index contributed by atoms with van der Waals surface area (Å²) in [6.45, 7) is 0. The first kappa shape index (κ1) is 20.5. The highest BCUT2D eigenvalue weighted by atomic mass is 35.5. The number of carbonyl (C=O) groups excluding carboxylic acids is 1. The third-order valence-corrected chi connectivity index (χ3v) is 5.18. The van der Waals surface area contributed by atoms with E-state index in [9.17, 15) is 9.59 Å². The summed E-state index contributed by atoms with van der Waals surface area (Å²) in [5, 5.41) is 4.42. The van der Waals surface area contributed by atoms with Gasteiger partial charge in [0.05, 0.1) is 25.5 Å². The molecule has 0 aliphatic heterocycles. The summed E-state index contributed by atoms with van der Waals surface area (Å²) in [4.78, 5) is 26.3. The van der Waals surface area contributed by atoms with Gasteiger partial charge in [0.15, 0.2) is 0 Å². The van der Waals surface area contributed by atoms with Crippen LogP contribution in [0.25, 0.3) is 16.5 Å². The Morgan fingerprint density at radius 1 is 0.935 bits per heavy atom. The zero-order valence-corrected chi connectivity index (χ0v) is 17.6. The van der Waals surface area contributed by atoms with E-state index in [1.54, 1.807) is 80.0 Å². The van der Waals surface area contributed by atoms with Gasteiger partial charge in [-0.15, -0.1) is 0 Å². The normalized spacial score (nSPS) is 10.7. The van der Waals surface area contributed by atoms with Crippen molar-refractivity contribution in [1.29, 1.82) is 0 Å². The Labute approximate surface area is 183 Å². The van der Waals surface area contributed by atoms with Gasteiger partial charge in [-0.25, -0.2) is 0 Å². The molecule has 0 saturated carbocycles. The van der Waals surface area contributed by atoms with Crippen LogP contribution in [-0.4, -0.2) is 24.7 Å². The maximum absolute atomic E-state index is 13.3. The lowest BCUT2D eigenvalue weighted by Crippen LogP contribution is -2.22. The van der Waals surface area contributed by atoms with Gasteiger partial charge in [0.2, 0.25) is 0 Å². The van der Waals surface area contributed by atoms with Crippen molar-refractivity contribution in [3.63, 3.8) is 0 Å². The number of hydrogen-bond acceptors (Lipinski definition) is 4. The number of carbonyl (C=O) groups is 1. The van der Waals surface area contributed by atoms with Crippen LogP contribution in [0.4, 0.5) is 5.69 Å². The highest BCUT2D eigenvalue weighted by Crippen LogP contribution is 2.30. The predicted molar refractivity (Wildman–Crippen MR) is 122 cm³/mol. The first-order valence-electron chi connectivity index (χ1n) is 9.45. The molecule has 0 saturated heterocycles. The summed E-state index contributed by atoms with van der Waals surface area (Å²) in [7, 11) is 3.07. The summed E-state index contributed by atoms with van der Waals surface area (Å²) < 4.78 is 12.0. The molecule has 0 aliphatic carbocycles. The maximum atomic E-state index is 13.3. The van der Waals surface area contributed by atoms with Crippen molar-refractivity contribution in [3.05, 3.63) is 93.9 Å². The van der Waals surface area contributed by atoms with Crippen LogP contribution in [0.5, 0.6) is 11.5 Å². The van der Waals surface area contributed by atoms with Gasteiger partial charge >= 0.3 is 0 Å². The molecule has 0 atom stereocenters. The number of halogens is 1. The van der Waals surface area contributed by atoms with Crippen molar-refractivity contribution in [1.82, 2.24) is 4.57 Å². The van der Waals surface area contributed by atoms with Crippen LogP contribution >= 0.6 is 11.6 Å². The highest BCUT2D eigenvalue weighted by Gasteiger charge is 2.17. The minimum atomic E-state index is -0.373. The predicted octanol–water partition coefficient (Wildman–Crippen LogP) is 4.91. The number of rotatable bonds is 5. The van der Waals surface area contributed by atoms with Gasteiger partial charge in [0.1, 0.15) is 11.5 Å². The summed E-state index contributed by atoms with van der Waals surface area (Å²) in [5.74, 6) is 0.696. The second kappa shape index (κ2) is 8.53. The molecule has 0 radical (unpaired) electrons. The van der Waals surface area contributed by atoms with E-state index in [0.29, 0.717) is 44.2 Å². The van der Waals surface area contributed by atoms with Crippen LogP contribution in [0.3, 0.4) is 0 Å². The van der Waals surface area contributed by atoms with Crippen LogP contribution in [0.1, 0.15) is 10.4 Å². The number of anilines is 1. The quantitative estimate of drug-likeness (QED) is 0.484. The number of nitrogens with one attached hydrogen (secondary N) is 1. The Morgan fingerprint density at radius 2 is 1.65 bits per heavy atom. The lowest BCUT2D eigenvalue weighted by molar-refractivity contribution is 0.102. The second-order valence-corrected chi connectivity index (χ2v) is 7.20. The van der Waals surface area contributed by atoms with Gasteiger partial charge in [-0.2, -0.15) is 0 Å². The minimum Gasteiger partial charge on any atom is -0.497 e. The minimum absolute atomic E-state index is 0.225. The smallest absolute Gasteiger partial charge is 0.262 e. The number of aromatic nitrogens is 1. The number of benzene rings is 3. The van der Waals surface area contributed by atoms with E-state index in [1.807, 2.05) is 0 Å². The fourth-order valence-electron chi connectivity index (χ4n) is 3.36. The van der Waals surface area contributed by atoms with Crippen LogP contribution in [-0.2, 0) is 0 Å². The van der Waals surface area contributed by atoms with E-state index in [0.717, 1.165) is 0 Å². The molecule has 1 amide bonds. The van der Waals surface area contributed by atoms with E-state index in [1.165, 1.54) is 11.7 Å². The Balaban J connectivity index is 1.83. The van der Waals surface area contributed by atoms with Gasteiger partial charge in [-0.3, -0.25) is 14.2 Å². The summed E-state index contributed by atoms with van der Waals surface area (Å²) in [5.41, 5.74) is 1.22. The molecule has 4 rings (SSSR count). The molecule has 0 bridgehead atoms. The first-order chi connectivity index (χ1) is 15.0. The van der Waals surface area contributed by atoms with Gasteiger partial charge in [0, 0.05) is 33.7 Å². The molecule has 1 N–H and O–H groups in total. The molecule has 1 heterocycles. The summed E-state index contributed by atoms with van der Waals surface area (Å²) in [6.07, 6.45) is 1.54. The lowest BCUT2D eigenvalue weighted by Gasteiger charge is -2.14. The number of fused-ring (bicyclic) bond motifs is 1. The maximum Gasteiger partial charge on any atom is 0.262 e. The van der Waals surface area contributed by atoms with Crippen LogP contribution in [0.2, 0.25) is 5.02 Å². The van der Waals surface area contributed by atoms with Gasteiger partial charge in [0.25, 0.3) is 11.5 Å². The van der Waals surface area contributed by atoms with Crippen LogP contribution in [0, 0.1) is 0 Å². The molecule has 0 aliphatic rings. The molecule has 0 spiro atoms. The Bertz CT molecular complexity index is 1330. The van der Waals surface area contributed by atoms with Crippen LogP contribution in [0.15, 0.2) is 77.7 Å². The number of methoxy groups -OCH3 is 2. The summed E-state index contributed by atoms with van der Waals surface area (Å²) >= 11 is 5.98. The Hall–Kier alpha value is -3.77. The number of ether oxygens (including phenoxy) is 2.